The summed E-state index contributed by atoms with van der Waals surface area (Å²) < 4.78 is 0. The van der Waals surface area contributed by atoms with E-state index in [1.807, 2.05) is 0 Å². The number of rotatable bonds is 7. The Balaban J connectivity index is 1.30. The number of hydrogen-bond donors (Lipinski definition) is 2. The van der Waals surface area contributed by atoms with Gasteiger partial charge >= 0.3 is 0 Å². The number of aryl methyl sites for hydroxylation is 1. The summed E-state index contributed by atoms with van der Waals surface area (Å²) in [6.07, 6.45) is 7.43. The molecular formula is C27H41N3O2. The van der Waals surface area contributed by atoms with E-state index in [4.69, 9.17) is 0 Å². The highest BCUT2D eigenvalue weighted by Crippen LogP contribution is 2.41. The van der Waals surface area contributed by atoms with Crippen LogP contribution in [0.2, 0.25) is 0 Å². The first-order chi connectivity index (χ1) is 15.4. The summed E-state index contributed by atoms with van der Waals surface area (Å²) in [6.45, 7) is 9.48. The van der Waals surface area contributed by atoms with Crippen LogP contribution in [0.15, 0.2) is 24.3 Å². The van der Waals surface area contributed by atoms with Crippen LogP contribution in [0.4, 0.5) is 0 Å². The maximum atomic E-state index is 12.9. The Bertz CT molecular complexity index is 805. The van der Waals surface area contributed by atoms with E-state index in [2.05, 4.69) is 53.6 Å². The van der Waals surface area contributed by atoms with E-state index >= 15 is 0 Å². The van der Waals surface area contributed by atoms with Gasteiger partial charge < -0.3 is 10.6 Å². The van der Waals surface area contributed by atoms with E-state index in [0.29, 0.717) is 25.0 Å². The fourth-order valence-electron chi connectivity index (χ4n) is 6.06. The number of carbonyl (C=O) groups excluding carboxylic acids is 2. The molecule has 4 rings (SSSR count). The Labute approximate surface area is 193 Å². The van der Waals surface area contributed by atoms with Gasteiger partial charge in [-0.05, 0) is 43.7 Å². The quantitative estimate of drug-likeness (QED) is 0.677. The molecule has 1 spiro atoms. The number of nitrogens with one attached hydrogen (secondary N) is 2. The van der Waals surface area contributed by atoms with Crippen molar-refractivity contribution in [1.82, 2.24) is 15.5 Å². The van der Waals surface area contributed by atoms with Crippen LogP contribution < -0.4 is 10.6 Å². The lowest BCUT2D eigenvalue weighted by Crippen LogP contribution is -2.66. The first kappa shape index (κ1) is 23.6. The van der Waals surface area contributed by atoms with E-state index in [1.54, 1.807) is 0 Å². The van der Waals surface area contributed by atoms with Gasteiger partial charge in [-0.3, -0.25) is 14.5 Å². The minimum Gasteiger partial charge on any atom is -0.311 e. The molecule has 2 saturated heterocycles. The number of carbonyl (C=O) groups is 2. The van der Waals surface area contributed by atoms with Gasteiger partial charge in [-0.15, -0.1) is 0 Å². The Morgan fingerprint density at radius 1 is 1.12 bits per heavy atom. The van der Waals surface area contributed by atoms with Crippen molar-refractivity contribution in [1.29, 1.82) is 0 Å². The van der Waals surface area contributed by atoms with E-state index in [9.17, 15) is 9.59 Å². The van der Waals surface area contributed by atoms with Crippen LogP contribution in [0.5, 0.6) is 0 Å². The van der Waals surface area contributed by atoms with Crippen molar-refractivity contribution in [3.8, 4) is 0 Å². The molecule has 32 heavy (non-hydrogen) atoms. The van der Waals surface area contributed by atoms with Gasteiger partial charge in [0, 0.05) is 69.0 Å². The van der Waals surface area contributed by atoms with Gasteiger partial charge in [0.25, 0.3) is 0 Å². The van der Waals surface area contributed by atoms with Crippen molar-refractivity contribution in [3.05, 3.63) is 35.4 Å². The van der Waals surface area contributed by atoms with Gasteiger partial charge in [-0.1, -0.05) is 44.0 Å². The lowest BCUT2D eigenvalue weighted by atomic mass is 9.65. The number of nitrogens with zero attached hydrogens (tertiary/aromatic N) is 1. The molecule has 2 aliphatic heterocycles. The molecule has 2 N–H and O–H groups in total. The van der Waals surface area contributed by atoms with Crippen molar-refractivity contribution in [2.24, 2.45) is 5.41 Å². The van der Waals surface area contributed by atoms with Crippen LogP contribution in [-0.4, -0.2) is 54.2 Å². The molecule has 3 aliphatic rings. The number of hydrogen-bond acceptors (Lipinski definition) is 5. The van der Waals surface area contributed by atoms with Crippen LogP contribution in [0, 0.1) is 12.3 Å². The number of unbranched alkanes of at least 4 members (excludes halogenated alkanes) is 1. The predicted octanol–water partition coefficient (Wildman–Crippen LogP) is 3.78. The second-order valence-electron chi connectivity index (χ2n) is 10.7. The summed E-state index contributed by atoms with van der Waals surface area (Å²) >= 11 is 0. The van der Waals surface area contributed by atoms with Gasteiger partial charge in [-0.25, -0.2) is 0 Å². The lowest BCUT2D eigenvalue weighted by Gasteiger charge is -2.48. The summed E-state index contributed by atoms with van der Waals surface area (Å²) in [6, 6.07) is 8.97. The lowest BCUT2D eigenvalue weighted by molar-refractivity contribution is -0.140. The van der Waals surface area contributed by atoms with E-state index < -0.39 is 5.41 Å². The Morgan fingerprint density at radius 3 is 2.59 bits per heavy atom. The van der Waals surface area contributed by atoms with E-state index in [-0.39, 0.29) is 17.4 Å². The summed E-state index contributed by atoms with van der Waals surface area (Å²) in [5.41, 5.74) is 2.55. The molecule has 0 bridgehead atoms. The molecule has 1 aromatic carbocycles. The van der Waals surface area contributed by atoms with Crippen molar-refractivity contribution in [2.75, 3.05) is 26.2 Å². The largest absolute Gasteiger partial charge is 0.311 e. The summed E-state index contributed by atoms with van der Waals surface area (Å²) in [7, 11) is 0. The SMILES string of the molecule is CCCC[C@]1(CC2CNC3(CCN(Cc4ccccc4C)CC3)CN2)CC(=O)CCC1=O. The summed E-state index contributed by atoms with van der Waals surface area (Å²) in [5, 5.41) is 7.68. The van der Waals surface area contributed by atoms with Crippen LogP contribution in [0.3, 0.4) is 0 Å². The van der Waals surface area contributed by atoms with Crippen LogP contribution >= 0.6 is 0 Å². The number of benzene rings is 1. The predicted molar refractivity (Wildman–Crippen MR) is 129 cm³/mol. The van der Waals surface area contributed by atoms with Crippen molar-refractivity contribution in [2.45, 2.75) is 89.8 Å². The molecular weight excluding hydrogens is 398 g/mol. The third kappa shape index (κ3) is 5.32. The first-order valence-electron chi connectivity index (χ1n) is 12.7. The number of ketones is 2. The fraction of sp³-hybridized carbons (Fsp3) is 0.704. The zero-order valence-corrected chi connectivity index (χ0v) is 20.0. The fourth-order valence-corrected chi connectivity index (χ4v) is 6.06. The smallest absolute Gasteiger partial charge is 0.139 e. The standard InChI is InChI=1S/C27H41N3O2/c1-3-4-11-26(17-24(31)9-10-25(26)32)16-23-18-29-27(20-28-23)12-14-30(15-13-27)19-22-8-6-5-7-21(22)2/h5-8,23,28-29H,3-4,9-20H2,1-2H3/t23?,26-/m0/s1. The minimum atomic E-state index is -0.425. The van der Waals surface area contributed by atoms with Crippen molar-refractivity contribution in [3.63, 3.8) is 0 Å². The Morgan fingerprint density at radius 2 is 1.91 bits per heavy atom. The molecule has 5 heteroatoms. The zero-order chi connectivity index (χ0) is 22.6. The van der Waals surface area contributed by atoms with Gasteiger partial charge in [0.05, 0.1) is 0 Å². The molecule has 176 valence electrons. The van der Waals surface area contributed by atoms with Crippen LogP contribution in [0.1, 0.15) is 75.8 Å². The molecule has 3 fully saturated rings. The maximum absolute atomic E-state index is 12.9. The number of piperazine rings is 1. The molecule has 2 heterocycles. The molecule has 1 aromatic rings. The zero-order valence-electron chi connectivity index (χ0n) is 20.0. The Kier molecular flexibility index (Phi) is 7.48. The average molecular weight is 440 g/mol. The summed E-state index contributed by atoms with van der Waals surface area (Å²) in [5.74, 6) is 0.610. The molecule has 2 atom stereocenters. The van der Waals surface area contributed by atoms with Crippen molar-refractivity contribution < 1.29 is 9.59 Å². The average Bonchev–Trinajstić information content (AvgIpc) is 2.80. The Hall–Kier alpha value is -1.56. The van der Waals surface area contributed by atoms with Gasteiger partial charge in [0.2, 0.25) is 0 Å². The third-order valence-electron chi connectivity index (χ3n) is 8.32. The number of likely N-dealkylation sites (tertiary alicyclic amines) is 1. The molecule has 0 radical (unpaired) electrons. The monoisotopic (exact) mass is 439 g/mol. The minimum absolute atomic E-state index is 0.168. The molecule has 1 unspecified atom stereocenters. The van der Waals surface area contributed by atoms with Gasteiger partial charge in [0.1, 0.15) is 11.6 Å². The molecule has 0 aromatic heterocycles. The molecule has 5 nitrogen and oxygen atoms in total. The molecule has 1 aliphatic carbocycles. The van der Waals surface area contributed by atoms with E-state index in [0.717, 1.165) is 71.2 Å². The van der Waals surface area contributed by atoms with E-state index in [1.165, 1.54) is 11.1 Å². The highest BCUT2D eigenvalue weighted by Gasteiger charge is 2.45. The second-order valence-corrected chi connectivity index (χ2v) is 10.7. The second kappa shape index (κ2) is 10.1. The first-order valence-corrected chi connectivity index (χ1v) is 12.7. The normalized spacial score (nSPS) is 28.9. The molecule has 1 saturated carbocycles. The van der Waals surface area contributed by atoms with Gasteiger partial charge in [-0.2, -0.15) is 0 Å². The molecule has 0 amide bonds. The third-order valence-corrected chi connectivity index (χ3v) is 8.32. The van der Waals surface area contributed by atoms with Crippen molar-refractivity contribution >= 4 is 11.6 Å². The topological polar surface area (TPSA) is 61.4 Å². The van der Waals surface area contributed by atoms with Crippen LogP contribution in [0.25, 0.3) is 0 Å². The summed E-state index contributed by atoms with van der Waals surface area (Å²) in [4.78, 5) is 27.8. The number of Topliss-reactive ketones (excluding diaryl/α,β-unsaturated/α-hetero) is 2. The maximum Gasteiger partial charge on any atom is 0.139 e. The van der Waals surface area contributed by atoms with Gasteiger partial charge in [0.15, 0.2) is 0 Å². The van der Waals surface area contributed by atoms with Crippen LogP contribution in [-0.2, 0) is 16.1 Å². The number of piperidine rings is 1. The highest BCUT2D eigenvalue weighted by molar-refractivity contribution is 5.97. The highest BCUT2D eigenvalue weighted by atomic mass is 16.1.